The third-order valence-electron chi connectivity index (χ3n) is 6.65. The molecule has 2 aliphatic rings. The SMILES string of the molecule is Cc1ccc(C(C)C)cc1OC(C)C(=O)N1CCC(C(=O)N2CCCC(C)C2)CC1. The van der Waals surface area contributed by atoms with Gasteiger partial charge in [-0.2, -0.15) is 0 Å². The lowest BCUT2D eigenvalue weighted by Crippen LogP contribution is -2.49. The zero-order chi connectivity index (χ0) is 21.8. The fourth-order valence-corrected chi connectivity index (χ4v) is 4.60. The first-order valence-electron chi connectivity index (χ1n) is 11.6. The molecular formula is C25H38N2O3. The Morgan fingerprint density at radius 3 is 2.37 bits per heavy atom. The van der Waals surface area contributed by atoms with E-state index in [4.69, 9.17) is 4.74 Å². The number of hydrogen-bond acceptors (Lipinski definition) is 3. The summed E-state index contributed by atoms with van der Waals surface area (Å²) in [4.78, 5) is 29.7. The van der Waals surface area contributed by atoms with E-state index in [1.807, 2.05) is 29.7 Å². The van der Waals surface area contributed by atoms with E-state index in [-0.39, 0.29) is 11.8 Å². The van der Waals surface area contributed by atoms with Crippen LogP contribution in [0.15, 0.2) is 18.2 Å². The molecule has 2 aliphatic heterocycles. The summed E-state index contributed by atoms with van der Waals surface area (Å²) in [6.45, 7) is 13.4. The monoisotopic (exact) mass is 414 g/mol. The normalized spacial score (nSPS) is 21.6. The number of hydrogen-bond donors (Lipinski definition) is 0. The highest BCUT2D eigenvalue weighted by atomic mass is 16.5. The summed E-state index contributed by atoms with van der Waals surface area (Å²) in [6.07, 6.45) is 3.31. The van der Waals surface area contributed by atoms with Crippen LogP contribution in [0.4, 0.5) is 0 Å². The van der Waals surface area contributed by atoms with Gasteiger partial charge in [0.05, 0.1) is 0 Å². The zero-order valence-corrected chi connectivity index (χ0v) is 19.3. The Labute approximate surface area is 181 Å². The Morgan fingerprint density at radius 1 is 1.03 bits per heavy atom. The van der Waals surface area contributed by atoms with Gasteiger partial charge in [-0.3, -0.25) is 9.59 Å². The molecule has 0 aromatic heterocycles. The maximum absolute atomic E-state index is 13.0. The highest BCUT2D eigenvalue weighted by Gasteiger charge is 2.33. The highest BCUT2D eigenvalue weighted by Crippen LogP contribution is 2.27. The molecule has 0 aliphatic carbocycles. The molecule has 0 bridgehead atoms. The van der Waals surface area contributed by atoms with Crippen molar-refractivity contribution in [3.8, 4) is 5.75 Å². The zero-order valence-electron chi connectivity index (χ0n) is 19.3. The molecule has 1 aromatic carbocycles. The molecule has 166 valence electrons. The molecule has 0 radical (unpaired) electrons. The smallest absolute Gasteiger partial charge is 0.263 e. The second kappa shape index (κ2) is 9.84. The summed E-state index contributed by atoms with van der Waals surface area (Å²) in [5.74, 6) is 2.16. The minimum atomic E-state index is -0.527. The first kappa shape index (κ1) is 22.6. The van der Waals surface area contributed by atoms with Gasteiger partial charge in [-0.25, -0.2) is 0 Å². The molecule has 5 heteroatoms. The van der Waals surface area contributed by atoms with Gasteiger partial charge in [0.1, 0.15) is 5.75 Å². The number of carbonyl (C=O) groups excluding carboxylic acids is 2. The number of rotatable bonds is 5. The van der Waals surface area contributed by atoms with Gasteiger partial charge in [0, 0.05) is 32.1 Å². The van der Waals surface area contributed by atoms with E-state index in [0.717, 1.165) is 43.7 Å². The summed E-state index contributed by atoms with van der Waals surface area (Å²) in [5, 5.41) is 0. The van der Waals surface area contributed by atoms with Crippen molar-refractivity contribution in [2.75, 3.05) is 26.2 Å². The second-order valence-corrected chi connectivity index (χ2v) is 9.57. The number of benzene rings is 1. The molecule has 0 N–H and O–H groups in total. The van der Waals surface area contributed by atoms with Crippen LogP contribution in [0.3, 0.4) is 0 Å². The summed E-state index contributed by atoms with van der Waals surface area (Å²) in [6, 6.07) is 6.22. The largest absolute Gasteiger partial charge is 0.481 e. The molecule has 2 amide bonds. The van der Waals surface area contributed by atoms with Crippen molar-refractivity contribution in [1.82, 2.24) is 9.80 Å². The number of carbonyl (C=O) groups is 2. The third kappa shape index (κ3) is 5.35. The van der Waals surface area contributed by atoms with Crippen LogP contribution in [-0.4, -0.2) is 53.9 Å². The van der Waals surface area contributed by atoms with E-state index in [0.29, 0.717) is 30.8 Å². The third-order valence-corrected chi connectivity index (χ3v) is 6.65. The highest BCUT2D eigenvalue weighted by molar-refractivity contribution is 5.82. The number of nitrogens with zero attached hydrogens (tertiary/aromatic N) is 2. The molecule has 2 fully saturated rings. The van der Waals surface area contributed by atoms with E-state index in [1.165, 1.54) is 12.0 Å². The van der Waals surface area contributed by atoms with E-state index in [9.17, 15) is 9.59 Å². The van der Waals surface area contributed by atoms with Crippen molar-refractivity contribution in [3.05, 3.63) is 29.3 Å². The van der Waals surface area contributed by atoms with Gasteiger partial charge in [0.25, 0.3) is 5.91 Å². The molecule has 3 rings (SSSR count). The first-order chi connectivity index (χ1) is 14.3. The predicted octanol–water partition coefficient (Wildman–Crippen LogP) is 4.38. The summed E-state index contributed by atoms with van der Waals surface area (Å²) in [5.41, 5.74) is 2.25. The minimum Gasteiger partial charge on any atom is -0.481 e. The number of piperidine rings is 2. The number of likely N-dealkylation sites (tertiary alicyclic amines) is 2. The molecular weight excluding hydrogens is 376 g/mol. The Hall–Kier alpha value is -2.04. The fraction of sp³-hybridized carbons (Fsp3) is 0.680. The van der Waals surface area contributed by atoms with Gasteiger partial charge in [0.2, 0.25) is 5.91 Å². The van der Waals surface area contributed by atoms with Crippen LogP contribution in [0, 0.1) is 18.8 Å². The van der Waals surface area contributed by atoms with Crippen molar-refractivity contribution in [2.24, 2.45) is 11.8 Å². The van der Waals surface area contributed by atoms with E-state index < -0.39 is 6.10 Å². The molecule has 2 heterocycles. The molecule has 30 heavy (non-hydrogen) atoms. The van der Waals surface area contributed by atoms with Gasteiger partial charge in [-0.1, -0.05) is 32.9 Å². The number of ether oxygens (including phenoxy) is 1. The van der Waals surface area contributed by atoms with E-state index in [1.54, 1.807) is 0 Å². The average molecular weight is 415 g/mol. The molecule has 0 spiro atoms. The molecule has 2 saturated heterocycles. The van der Waals surface area contributed by atoms with Crippen molar-refractivity contribution >= 4 is 11.8 Å². The van der Waals surface area contributed by atoms with Crippen molar-refractivity contribution in [3.63, 3.8) is 0 Å². The quantitative estimate of drug-likeness (QED) is 0.718. The lowest BCUT2D eigenvalue weighted by atomic mass is 9.92. The van der Waals surface area contributed by atoms with Crippen LogP contribution in [0.25, 0.3) is 0 Å². The summed E-state index contributed by atoms with van der Waals surface area (Å²) < 4.78 is 6.07. The van der Waals surface area contributed by atoms with Crippen LogP contribution in [-0.2, 0) is 9.59 Å². The van der Waals surface area contributed by atoms with Crippen molar-refractivity contribution in [1.29, 1.82) is 0 Å². The van der Waals surface area contributed by atoms with Gasteiger partial charge < -0.3 is 14.5 Å². The van der Waals surface area contributed by atoms with E-state index in [2.05, 4.69) is 32.9 Å². The number of amides is 2. The van der Waals surface area contributed by atoms with Crippen molar-refractivity contribution < 1.29 is 14.3 Å². The van der Waals surface area contributed by atoms with Gasteiger partial charge in [0.15, 0.2) is 6.10 Å². The van der Waals surface area contributed by atoms with Crippen LogP contribution >= 0.6 is 0 Å². The van der Waals surface area contributed by atoms with Gasteiger partial charge >= 0.3 is 0 Å². The van der Waals surface area contributed by atoms with Crippen LogP contribution in [0.1, 0.15) is 70.4 Å². The first-order valence-corrected chi connectivity index (χ1v) is 11.6. The molecule has 2 unspecified atom stereocenters. The Bertz CT molecular complexity index is 753. The lowest BCUT2D eigenvalue weighted by molar-refractivity contribution is -0.144. The predicted molar refractivity (Wildman–Crippen MR) is 120 cm³/mol. The summed E-state index contributed by atoms with van der Waals surface area (Å²) >= 11 is 0. The number of aryl methyl sites for hydroxylation is 1. The lowest BCUT2D eigenvalue weighted by Gasteiger charge is -2.37. The van der Waals surface area contributed by atoms with Crippen LogP contribution < -0.4 is 4.74 Å². The maximum atomic E-state index is 13.0. The second-order valence-electron chi connectivity index (χ2n) is 9.57. The minimum absolute atomic E-state index is 0.0156. The maximum Gasteiger partial charge on any atom is 0.263 e. The van der Waals surface area contributed by atoms with E-state index >= 15 is 0 Å². The molecule has 0 saturated carbocycles. The summed E-state index contributed by atoms with van der Waals surface area (Å²) in [7, 11) is 0. The fourth-order valence-electron chi connectivity index (χ4n) is 4.60. The average Bonchev–Trinajstić information content (AvgIpc) is 2.74. The molecule has 1 aromatic rings. The topological polar surface area (TPSA) is 49.9 Å². The van der Waals surface area contributed by atoms with Crippen LogP contribution in [0.5, 0.6) is 5.75 Å². The Balaban J connectivity index is 1.53. The molecule has 5 nitrogen and oxygen atoms in total. The Kier molecular flexibility index (Phi) is 7.43. The standard InChI is InChI=1S/C25H38N2O3/c1-17(2)22-9-8-19(4)23(15-22)30-20(5)24(28)26-13-10-21(11-14-26)25(29)27-12-6-7-18(3)16-27/h8-9,15,17-18,20-21H,6-7,10-14,16H2,1-5H3. The van der Waals surface area contributed by atoms with Gasteiger partial charge in [-0.05, 0) is 68.6 Å². The molecule has 2 atom stereocenters. The van der Waals surface area contributed by atoms with Crippen LogP contribution in [0.2, 0.25) is 0 Å². The van der Waals surface area contributed by atoms with Crippen molar-refractivity contribution in [2.45, 2.75) is 72.3 Å². The van der Waals surface area contributed by atoms with Gasteiger partial charge in [-0.15, -0.1) is 0 Å². The Morgan fingerprint density at radius 2 is 1.73 bits per heavy atom.